The van der Waals surface area contributed by atoms with E-state index in [1.807, 2.05) is 42.9 Å². The molecule has 3 heterocycles. The van der Waals surface area contributed by atoms with Crippen LogP contribution < -0.4 is 0 Å². The van der Waals surface area contributed by atoms with Gasteiger partial charge in [0.15, 0.2) is 0 Å². The smallest absolute Gasteiger partial charge is 0.115 e. The topological polar surface area (TPSA) is 54.2 Å². The van der Waals surface area contributed by atoms with E-state index in [9.17, 15) is 5.11 Å². The van der Waals surface area contributed by atoms with Gasteiger partial charge in [0.05, 0.1) is 24.3 Å². The third-order valence-corrected chi connectivity index (χ3v) is 5.07. The first-order valence-corrected chi connectivity index (χ1v) is 9.18. The maximum Gasteiger partial charge on any atom is 0.115 e. The van der Waals surface area contributed by atoms with Crippen LogP contribution in [0.25, 0.3) is 0 Å². The lowest BCUT2D eigenvalue weighted by molar-refractivity contribution is 0.202. The minimum atomic E-state index is 0.364. The van der Waals surface area contributed by atoms with Gasteiger partial charge in [-0.1, -0.05) is 18.2 Å². The highest BCUT2D eigenvalue weighted by molar-refractivity contribution is 5.30. The molecule has 0 radical (unpaired) electrons. The number of hydrogen-bond acceptors (Lipinski definition) is 4. The molecule has 0 unspecified atom stereocenters. The van der Waals surface area contributed by atoms with Crippen molar-refractivity contribution in [2.45, 2.75) is 31.8 Å². The summed E-state index contributed by atoms with van der Waals surface area (Å²) in [5, 5.41) is 9.67. The molecule has 4 rings (SSSR count). The average Bonchev–Trinajstić information content (AvgIpc) is 3.10. The predicted molar refractivity (Wildman–Crippen MR) is 101 cm³/mol. The van der Waals surface area contributed by atoms with Gasteiger partial charge in [-0.2, -0.15) is 0 Å². The molecule has 1 aliphatic rings. The summed E-state index contributed by atoms with van der Waals surface area (Å²) in [6.07, 6.45) is 8.08. The number of likely N-dealkylation sites (tertiary alicyclic amines) is 1. The Labute approximate surface area is 154 Å². The zero-order valence-corrected chi connectivity index (χ0v) is 14.8. The van der Waals surface area contributed by atoms with Gasteiger partial charge in [0.1, 0.15) is 5.75 Å². The summed E-state index contributed by atoms with van der Waals surface area (Å²) < 4.78 is 2.09. The molecule has 0 atom stereocenters. The van der Waals surface area contributed by atoms with E-state index in [0.29, 0.717) is 11.7 Å². The molecule has 0 bridgehead atoms. The van der Waals surface area contributed by atoms with E-state index in [0.717, 1.165) is 50.4 Å². The first-order valence-electron chi connectivity index (χ1n) is 9.18. The highest BCUT2D eigenvalue weighted by Crippen LogP contribution is 2.30. The van der Waals surface area contributed by atoms with Crippen molar-refractivity contribution in [2.24, 2.45) is 0 Å². The average molecular weight is 348 g/mol. The Morgan fingerprint density at radius 2 is 1.85 bits per heavy atom. The van der Waals surface area contributed by atoms with Crippen LogP contribution >= 0.6 is 0 Å². The fraction of sp³-hybridized carbons (Fsp3) is 0.333. The molecule has 0 saturated carbocycles. The number of benzene rings is 1. The normalized spacial score (nSPS) is 16.0. The number of imidazole rings is 1. The van der Waals surface area contributed by atoms with Crippen molar-refractivity contribution in [2.75, 3.05) is 13.1 Å². The maximum atomic E-state index is 9.67. The SMILES string of the molecule is Oc1cccc(C2CCN(Cc3cn(Cc4ccccn4)cn3)CC2)c1. The Balaban J connectivity index is 1.31. The molecule has 5 nitrogen and oxygen atoms in total. The Hall–Kier alpha value is -2.66. The van der Waals surface area contributed by atoms with Gasteiger partial charge in [-0.3, -0.25) is 9.88 Å². The molecule has 1 fully saturated rings. The van der Waals surface area contributed by atoms with Gasteiger partial charge >= 0.3 is 0 Å². The molecule has 3 aromatic rings. The second-order valence-electron chi connectivity index (χ2n) is 7.00. The molecule has 1 N–H and O–H groups in total. The number of hydrogen-bond donors (Lipinski definition) is 1. The summed E-state index contributed by atoms with van der Waals surface area (Å²) in [7, 11) is 0. The van der Waals surface area contributed by atoms with Gasteiger partial charge in [0, 0.05) is 18.9 Å². The van der Waals surface area contributed by atoms with E-state index < -0.39 is 0 Å². The highest BCUT2D eigenvalue weighted by Gasteiger charge is 2.21. The largest absolute Gasteiger partial charge is 0.508 e. The van der Waals surface area contributed by atoms with Gasteiger partial charge < -0.3 is 9.67 Å². The minimum absolute atomic E-state index is 0.364. The summed E-state index contributed by atoms with van der Waals surface area (Å²) in [5.74, 6) is 0.906. The Morgan fingerprint density at radius 3 is 2.62 bits per heavy atom. The Kier molecular flexibility index (Phi) is 4.97. The zero-order valence-electron chi connectivity index (χ0n) is 14.8. The van der Waals surface area contributed by atoms with Gasteiger partial charge in [-0.05, 0) is 61.7 Å². The van der Waals surface area contributed by atoms with Crippen molar-refractivity contribution in [3.05, 3.63) is 78.1 Å². The van der Waals surface area contributed by atoms with E-state index in [-0.39, 0.29) is 0 Å². The first kappa shape index (κ1) is 16.8. The zero-order chi connectivity index (χ0) is 17.8. The van der Waals surface area contributed by atoms with Gasteiger partial charge in [-0.15, -0.1) is 0 Å². The summed E-state index contributed by atoms with van der Waals surface area (Å²) >= 11 is 0. The molecule has 26 heavy (non-hydrogen) atoms. The number of aromatic nitrogens is 3. The molecule has 134 valence electrons. The molecule has 1 aromatic carbocycles. The van der Waals surface area contributed by atoms with Crippen LogP contribution in [0.1, 0.15) is 35.7 Å². The van der Waals surface area contributed by atoms with Gasteiger partial charge in [-0.25, -0.2) is 4.98 Å². The monoisotopic (exact) mass is 348 g/mol. The van der Waals surface area contributed by atoms with Crippen molar-refractivity contribution in [1.29, 1.82) is 0 Å². The molecule has 2 aromatic heterocycles. The fourth-order valence-corrected chi connectivity index (χ4v) is 3.69. The van der Waals surface area contributed by atoms with Crippen molar-refractivity contribution >= 4 is 0 Å². The van der Waals surface area contributed by atoms with Crippen molar-refractivity contribution in [3.63, 3.8) is 0 Å². The van der Waals surface area contributed by atoms with Crippen molar-refractivity contribution in [1.82, 2.24) is 19.4 Å². The van der Waals surface area contributed by atoms with Crippen LogP contribution in [-0.4, -0.2) is 37.6 Å². The summed E-state index contributed by atoms with van der Waals surface area (Å²) in [6, 6.07) is 13.7. The van der Waals surface area contributed by atoms with Gasteiger partial charge in [0.25, 0.3) is 0 Å². The van der Waals surface area contributed by atoms with E-state index >= 15 is 0 Å². The molecule has 0 aliphatic carbocycles. The molecular formula is C21H24N4O. The Morgan fingerprint density at radius 1 is 0.962 bits per heavy atom. The molecule has 0 spiro atoms. The molecular weight excluding hydrogens is 324 g/mol. The standard InChI is InChI=1S/C21H24N4O/c26-21-6-3-4-18(12-21)17-7-10-24(11-8-17)14-20-15-25(16-23-20)13-19-5-1-2-9-22-19/h1-6,9,12,15-17,26H,7-8,10-11,13-14H2. The predicted octanol–water partition coefficient (Wildman–Crippen LogP) is 3.41. The number of nitrogens with zero attached hydrogens (tertiary/aromatic N) is 4. The molecule has 5 heteroatoms. The third kappa shape index (κ3) is 4.11. The Bertz CT molecular complexity index is 838. The van der Waals surface area contributed by atoms with Crippen LogP contribution in [0.15, 0.2) is 61.2 Å². The van der Waals surface area contributed by atoms with Crippen molar-refractivity contribution < 1.29 is 5.11 Å². The summed E-state index contributed by atoms with van der Waals surface area (Å²) in [4.78, 5) is 11.4. The number of rotatable bonds is 5. The first-order chi connectivity index (χ1) is 12.8. The van der Waals surface area contributed by atoms with Crippen LogP contribution in [0.4, 0.5) is 0 Å². The number of phenols is 1. The maximum absolute atomic E-state index is 9.67. The third-order valence-electron chi connectivity index (χ3n) is 5.07. The van der Waals surface area contributed by atoms with Gasteiger partial charge in [0.2, 0.25) is 0 Å². The summed E-state index contributed by atoms with van der Waals surface area (Å²) in [6.45, 7) is 3.77. The fourth-order valence-electron chi connectivity index (χ4n) is 3.69. The highest BCUT2D eigenvalue weighted by atomic mass is 16.3. The lowest BCUT2D eigenvalue weighted by Crippen LogP contribution is -2.32. The van der Waals surface area contributed by atoms with Crippen LogP contribution in [0, 0.1) is 0 Å². The number of aromatic hydroxyl groups is 1. The number of phenolic OH excluding ortho intramolecular Hbond substituents is 1. The van der Waals surface area contributed by atoms with E-state index in [4.69, 9.17) is 0 Å². The summed E-state index contributed by atoms with van der Waals surface area (Å²) in [5.41, 5.74) is 3.41. The second kappa shape index (κ2) is 7.70. The van der Waals surface area contributed by atoms with Crippen LogP contribution in [-0.2, 0) is 13.1 Å². The van der Waals surface area contributed by atoms with E-state index in [1.165, 1.54) is 5.56 Å². The molecule has 1 saturated heterocycles. The number of piperidine rings is 1. The minimum Gasteiger partial charge on any atom is -0.508 e. The lowest BCUT2D eigenvalue weighted by atomic mass is 9.89. The van der Waals surface area contributed by atoms with Crippen LogP contribution in [0.2, 0.25) is 0 Å². The second-order valence-corrected chi connectivity index (χ2v) is 7.00. The quantitative estimate of drug-likeness (QED) is 0.768. The lowest BCUT2D eigenvalue weighted by Gasteiger charge is -2.31. The van der Waals surface area contributed by atoms with Crippen LogP contribution in [0.3, 0.4) is 0 Å². The number of pyridine rings is 1. The van der Waals surface area contributed by atoms with Crippen molar-refractivity contribution in [3.8, 4) is 5.75 Å². The van der Waals surface area contributed by atoms with E-state index in [2.05, 4.69) is 31.7 Å². The van der Waals surface area contributed by atoms with Crippen LogP contribution in [0.5, 0.6) is 5.75 Å². The molecule has 1 aliphatic heterocycles. The van der Waals surface area contributed by atoms with E-state index in [1.54, 1.807) is 6.07 Å². The molecule has 0 amide bonds.